The molecule has 1 rings (SSSR count). The zero-order chi connectivity index (χ0) is 14.4. The molecule has 0 atom stereocenters. The third-order valence-electron chi connectivity index (χ3n) is 1.70. The van der Waals surface area contributed by atoms with Gasteiger partial charge in [-0.25, -0.2) is 35.2 Å². The molecule has 0 aliphatic rings. The molecule has 0 spiro atoms. The summed E-state index contributed by atoms with van der Waals surface area (Å²) in [6.45, 7) is 0. The van der Waals surface area contributed by atoms with Gasteiger partial charge in [-0.15, -0.1) is 0 Å². The van der Waals surface area contributed by atoms with Crippen LogP contribution in [0.3, 0.4) is 0 Å². The van der Waals surface area contributed by atoms with Crippen LogP contribution in [0.5, 0.6) is 0 Å². The fourth-order valence-electron chi connectivity index (χ4n) is 0.968. The Balaban J connectivity index is 3.83. The van der Waals surface area contributed by atoms with Gasteiger partial charge < -0.3 is 0 Å². The predicted molar refractivity (Wildman–Crippen MR) is 60.2 cm³/mol. The van der Waals surface area contributed by atoms with E-state index >= 15 is 0 Å². The zero-order valence-corrected chi connectivity index (χ0v) is 12.0. The fourth-order valence-corrected chi connectivity index (χ4v) is 3.61. The average Bonchev–Trinajstić information content (AvgIpc) is 2.12. The van der Waals surface area contributed by atoms with Crippen LogP contribution in [-0.2, 0) is 29.5 Å². The molecule has 0 aliphatic carbocycles. The van der Waals surface area contributed by atoms with E-state index in [0.717, 1.165) is 12.5 Å². The van der Waals surface area contributed by atoms with Crippen LogP contribution in [-0.4, -0.2) is 54.0 Å². The molecule has 0 fully saturated rings. The van der Waals surface area contributed by atoms with Gasteiger partial charge in [0.05, 0.1) is 0 Å². The van der Waals surface area contributed by atoms with Crippen LogP contribution in [0.1, 0.15) is 0 Å². The summed E-state index contributed by atoms with van der Waals surface area (Å²) < 4.78 is 67.9. The molecule has 0 unspecified atom stereocenters. The van der Waals surface area contributed by atoms with E-state index in [2.05, 4.69) is 9.97 Å². The Morgan fingerprint density at radius 1 is 0.833 bits per heavy atom. The highest BCUT2D eigenvalue weighted by Crippen LogP contribution is 2.18. The second-order valence-corrected chi connectivity index (χ2v) is 9.36. The maximum atomic E-state index is 11.4. The van der Waals surface area contributed by atoms with E-state index in [0.29, 0.717) is 6.26 Å². The molecule has 0 aliphatic heterocycles. The predicted octanol–water partition coefficient (Wildman–Crippen LogP) is -1.51. The van der Waals surface area contributed by atoms with E-state index in [9.17, 15) is 25.3 Å². The molecule has 1 heterocycles. The summed E-state index contributed by atoms with van der Waals surface area (Å²) in [5.74, 6) is 0. The van der Waals surface area contributed by atoms with E-state index in [4.69, 9.17) is 0 Å². The van der Waals surface area contributed by atoms with Gasteiger partial charge in [0.1, 0.15) is 11.1 Å². The molecule has 0 bridgehead atoms. The van der Waals surface area contributed by atoms with Crippen LogP contribution in [0, 0.1) is 6.20 Å². The Morgan fingerprint density at radius 2 is 1.33 bits per heavy atom. The molecule has 0 N–H and O–H groups in total. The Kier molecular flexibility index (Phi) is 3.53. The Bertz CT molecular complexity index is 792. The summed E-state index contributed by atoms with van der Waals surface area (Å²) >= 11 is 0. The largest absolute Gasteiger partial charge is 0.248 e. The normalized spacial score (nSPS) is 13.5. The van der Waals surface area contributed by atoms with Crippen LogP contribution >= 0.6 is 0 Å². The molecule has 1 aromatic rings. The van der Waals surface area contributed by atoms with Gasteiger partial charge in [-0.05, 0) is 0 Å². The summed E-state index contributed by atoms with van der Waals surface area (Å²) in [6, 6.07) is 0. The maximum Gasteiger partial charge on any atom is 0.248 e. The van der Waals surface area contributed by atoms with E-state index in [-0.39, 0.29) is 0 Å². The number of sulfone groups is 3. The van der Waals surface area contributed by atoms with Gasteiger partial charge in [0.2, 0.25) is 15.0 Å². The molecule has 1 aromatic heterocycles. The van der Waals surface area contributed by atoms with Gasteiger partial charge in [0.25, 0.3) is 0 Å². The molecule has 11 heteroatoms. The summed E-state index contributed by atoms with van der Waals surface area (Å²) in [5.41, 5.74) is 0. The lowest BCUT2D eigenvalue weighted by atomic mass is 10.7. The lowest BCUT2D eigenvalue weighted by molar-refractivity contribution is 0.569. The minimum absolute atomic E-state index is 0.712. The second-order valence-electron chi connectivity index (χ2n) is 3.57. The van der Waals surface area contributed by atoms with Crippen molar-refractivity contribution in [1.29, 1.82) is 0 Å². The van der Waals surface area contributed by atoms with Crippen LogP contribution in [0.2, 0.25) is 0 Å². The van der Waals surface area contributed by atoms with Crippen LogP contribution in [0.4, 0.5) is 0 Å². The summed E-state index contributed by atoms with van der Waals surface area (Å²) in [7, 11) is -11.8. The summed E-state index contributed by atoms with van der Waals surface area (Å²) in [5, 5.41) is -1.67. The zero-order valence-electron chi connectivity index (χ0n) is 9.57. The molecule has 18 heavy (non-hydrogen) atoms. The van der Waals surface area contributed by atoms with Crippen LogP contribution < -0.4 is 0 Å². The van der Waals surface area contributed by atoms with Crippen molar-refractivity contribution in [1.82, 2.24) is 9.97 Å². The molecular weight excluding hydrogens is 304 g/mol. The third kappa shape index (κ3) is 3.23. The quantitative estimate of drug-likeness (QED) is 0.486. The molecule has 0 amide bonds. The smallest absolute Gasteiger partial charge is 0.224 e. The van der Waals surface area contributed by atoms with Gasteiger partial charge in [-0.1, -0.05) is 0 Å². The molecule has 0 saturated heterocycles. The van der Waals surface area contributed by atoms with E-state index in [1.54, 1.807) is 0 Å². The number of nitrogens with zero attached hydrogens (tertiary/aromatic N) is 2. The van der Waals surface area contributed by atoms with Crippen molar-refractivity contribution in [3.8, 4) is 0 Å². The first-order valence-corrected chi connectivity index (χ1v) is 9.91. The number of hydrogen-bond acceptors (Lipinski definition) is 8. The first kappa shape index (κ1) is 15.0. The first-order chi connectivity index (χ1) is 7.83. The first-order valence-electron chi connectivity index (χ1n) is 4.23. The van der Waals surface area contributed by atoms with Crippen LogP contribution in [0.25, 0.3) is 0 Å². The highest BCUT2D eigenvalue weighted by molar-refractivity contribution is 7.93. The fraction of sp³-hybridized carbons (Fsp3) is 0.429. The van der Waals surface area contributed by atoms with Gasteiger partial charge >= 0.3 is 0 Å². The SMILES string of the molecule is CS(=O)(=O)c1n[c]c(S(C)(=O)=O)c(S(C)(=O)=O)n1. The Hall–Kier alpha value is -1.07. The highest BCUT2D eigenvalue weighted by Gasteiger charge is 2.26. The molecular formula is C7H9N2O6S3. The third-order valence-corrected chi connectivity index (χ3v) is 4.70. The number of hydrogen-bond donors (Lipinski definition) is 0. The molecule has 1 radical (unpaired) electrons. The van der Waals surface area contributed by atoms with Crippen molar-refractivity contribution < 1.29 is 25.3 Å². The molecule has 0 aromatic carbocycles. The maximum absolute atomic E-state index is 11.4. The Labute approximate surface area is 105 Å². The van der Waals surface area contributed by atoms with E-state index in [1.165, 1.54) is 0 Å². The van der Waals surface area contributed by atoms with Crippen molar-refractivity contribution in [3.05, 3.63) is 6.20 Å². The van der Waals surface area contributed by atoms with Crippen molar-refractivity contribution in [2.45, 2.75) is 15.1 Å². The summed E-state index contributed by atoms with van der Waals surface area (Å²) in [6.07, 6.45) is 4.13. The summed E-state index contributed by atoms with van der Waals surface area (Å²) in [4.78, 5) is 5.75. The molecule has 0 saturated carbocycles. The lowest BCUT2D eigenvalue weighted by Crippen LogP contribution is -2.15. The average molecular weight is 313 g/mol. The van der Waals surface area contributed by atoms with Crippen LogP contribution in [0.15, 0.2) is 15.1 Å². The second kappa shape index (κ2) is 4.24. The highest BCUT2D eigenvalue weighted by atomic mass is 32.2. The van der Waals surface area contributed by atoms with Gasteiger partial charge in [-0.3, -0.25) is 0 Å². The van der Waals surface area contributed by atoms with Gasteiger partial charge in [-0.2, -0.15) is 0 Å². The standard InChI is InChI=1S/C7H9N2O6S3/c1-16(10,11)5-4-8-7(18(3,14)15)9-6(5)17(2,12)13/h1-3H3. The van der Waals surface area contributed by atoms with Gasteiger partial charge in [0.15, 0.2) is 24.7 Å². The topological polar surface area (TPSA) is 128 Å². The van der Waals surface area contributed by atoms with E-state index in [1.807, 2.05) is 6.20 Å². The van der Waals surface area contributed by atoms with Crippen molar-refractivity contribution in [2.75, 3.05) is 18.8 Å². The minimum atomic E-state index is -4.03. The Morgan fingerprint density at radius 3 is 1.67 bits per heavy atom. The lowest BCUT2D eigenvalue weighted by Gasteiger charge is -2.05. The van der Waals surface area contributed by atoms with Crippen molar-refractivity contribution >= 4 is 29.5 Å². The molecule has 8 nitrogen and oxygen atoms in total. The van der Waals surface area contributed by atoms with E-state index < -0.39 is 44.6 Å². The van der Waals surface area contributed by atoms with Crippen molar-refractivity contribution in [3.63, 3.8) is 0 Å². The number of rotatable bonds is 3. The minimum Gasteiger partial charge on any atom is -0.224 e. The van der Waals surface area contributed by atoms with Crippen molar-refractivity contribution in [2.24, 2.45) is 0 Å². The molecule has 101 valence electrons. The number of aromatic nitrogens is 2. The monoisotopic (exact) mass is 313 g/mol. The van der Waals surface area contributed by atoms with Gasteiger partial charge in [0, 0.05) is 18.8 Å².